The van der Waals surface area contributed by atoms with E-state index in [1.807, 2.05) is 0 Å². The van der Waals surface area contributed by atoms with Crippen LogP contribution < -0.4 is 0 Å². The maximum Gasteiger partial charge on any atom is 0.332 e. The third-order valence-electron chi connectivity index (χ3n) is 2.79. The molecule has 2 aliphatic rings. The molecule has 2 atom stereocenters. The Hall–Kier alpha value is -0.610. The molecule has 2 heterocycles. The summed E-state index contributed by atoms with van der Waals surface area (Å²) in [5, 5.41) is 8.70. The van der Waals surface area contributed by atoms with Gasteiger partial charge in [0.1, 0.15) is 0 Å². The van der Waals surface area contributed by atoms with Crippen molar-refractivity contribution < 1.29 is 14.6 Å². The predicted octanol–water partition coefficient (Wildman–Crippen LogP) is 0.324. The van der Waals surface area contributed by atoms with Gasteiger partial charge in [0.05, 0.1) is 6.10 Å². The van der Waals surface area contributed by atoms with Crippen LogP contribution in [0.1, 0.15) is 19.3 Å². The van der Waals surface area contributed by atoms with E-state index < -0.39 is 12.1 Å². The van der Waals surface area contributed by atoms with Crippen LogP contribution in [0.4, 0.5) is 0 Å². The number of carboxylic acids is 1. The Morgan fingerprint density at radius 2 is 2.23 bits per heavy atom. The molecule has 2 saturated heterocycles. The minimum Gasteiger partial charge on any atom is -0.479 e. The summed E-state index contributed by atoms with van der Waals surface area (Å²) in [6.07, 6.45) is 2.45. The van der Waals surface area contributed by atoms with Gasteiger partial charge in [-0.1, -0.05) is 0 Å². The van der Waals surface area contributed by atoms with Crippen molar-refractivity contribution in [1.29, 1.82) is 0 Å². The average molecular weight is 185 g/mol. The van der Waals surface area contributed by atoms with Gasteiger partial charge in [-0.15, -0.1) is 0 Å². The van der Waals surface area contributed by atoms with Crippen LogP contribution in [-0.2, 0) is 9.53 Å². The maximum absolute atomic E-state index is 10.6. The summed E-state index contributed by atoms with van der Waals surface area (Å²) in [6.45, 7) is 3.22. The lowest BCUT2D eigenvalue weighted by molar-refractivity contribution is -0.149. The SMILES string of the molecule is O=C(O)C1CCC(CN2CCC2)O1. The molecule has 4 heteroatoms. The molecule has 2 aliphatic heterocycles. The standard InChI is InChI=1S/C9H15NO3/c11-9(12)8-3-2-7(13-8)6-10-4-1-5-10/h7-8H,1-6H2,(H,11,12). The lowest BCUT2D eigenvalue weighted by atomic mass is 10.1. The largest absolute Gasteiger partial charge is 0.479 e. The predicted molar refractivity (Wildman–Crippen MR) is 46.6 cm³/mol. The van der Waals surface area contributed by atoms with E-state index in [4.69, 9.17) is 9.84 Å². The summed E-state index contributed by atoms with van der Waals surface area (Å²) < 4.78 is 5.39. The summed E-state index contributed by atoms with van der Waals surface area (Å²) in [5.74, 6) is -0.814. The number of hydrogen-bond donors (Lipinski definition) is 1. The molecule has 13 heavy (non-hydrogen) atoms. The Labute approximate surface area is 77.5 Å². The van der Waals surface area contributed by atoms with Crippen LogP contribution in [0.15, 0.2) is 0 Å². The zero-order valence-electron chi connectivity index (χ0n) is 7.61. The average Bonchev–Trinajstić information content (AvgIpc) is 2.44. The molecule has 4 nitrogen and oxygen atoms in total. The first-order valence-electron chi connectivity index (χ1n) is 4.86. The molecule has 0 radical (unpaired) electrons. The summed E-state index contributed by atoms with van der Waals surface area (Å²) >= 11 is 0. The molecule has 2 fully saturated rings. The second kappa shape index (κ2) is 3.64. The Morgan fingerprint density at radius 1 is 1.46 bits per heavy atom. The van der Waals surface area contributed by atoms with E-state index in [2.05, 4.69) is 4.90 Å². The number of carbonyl (C=O) groups is 1. The van der Waals surface area contributed by atoms with Crippen LogP contribution in [0.25, 0.3) is 0 Å². The second-order valence-corrected chi connectivity index (χ2v) is 3.82. The first kappa shape index (κ1) is 8.97. The summed E-state index contributed by atoms with van der Waals surface area (Å²) in [5.41, 5.74) is 0. The maximum atomic E-state index is 10.6. The lowest BCUT2D eigenvalue weighted by Crippen LogP contribution is -2.42. The highest BCUT2D eigenvalue weighted by molar-refractivity contribution is 5.72. The quantitative estimate of drug-likeness (QED) is 0.688. The summed E-state index contributed by atoms with van der Waals surface area (Å²) in [4.78, 5) is 12.9. The molecule has 2 rings (SSSR count). The molecule has 74 valence electrons. The van der Waals surface area contributed by atoms with Crippen LogP contribution in [0, 0.1) is 0 Å². The Bertz CT molecular complexity index is 203. The molecule has 0 spiro atoms. The zero-order valence-corrected chi connectivity index (χ0v) is 7.61. The van der Waals surface area contributed by atoms with Gasteiger partial charge >= 0.3 is 5.97 Å². The van der Waals surface area contributed by atoms with Crippen LogP contribution >= 0.6 is 0 Å². The summed E-state index contributed by atoms with van der Waals surface area (Å²) in [7, 11) is 0. The monoisotopic (exact) mass is 185 g/mol. The Morgan fingerprint density at radius 3 is 2.69 bits per heavy atom. The fraction of sp³-hybridized carbons (Fsp3) is 0.889. The first-order valence-corrected chi connectivity index (χ1v) is 4.86. The number of likely N-dealkylation sites (tertiary alicyclic amines) is 1. The second-order valence-electron chi connectivity index (χ2n) is 3.82. The molecule has 0 amide bonds. The Balaban J connectivity index is 1.74. The Kier molecular flexibility index (Phi) is 2.51. The van der Waals surface area contributed by atoms with Gasteiger partial charge < -0.3 is 14.7 Å². The normalized spacial score (nSPS) is 34.5. The van der Waals surface area contributed by atoms with Crippen molar-refractivity contribution in [3.63, 3.8) is 0 Å². The molecule has 0 aromatic carbocycles. The minimum absolute atomic E-state index is 0.154. The van der Waals surface area contributed by atoms with E-state index in [1.54, 1.807) is 0 Å². The molecule has 0 aromatic rings. The van der Waals surface area contributed by atoms with Gasteiger partial charge in [0, 0.05) is 6.54 Å². The lowest BCUT2D eigenvalue weighted by Gasteiger charge is -2.32. The first-order chi connectivity index (χ1) is 6.25. The van der Waals surface area contributed by atoms with Crippen molar-refractivity contribution >= 4 is 5.97 Å². The molecule has 2 unspecified atom stereocenters. The van der Waals surface area contributed by atoms with Gasteiger partial charge in [-0.25, -0.2) is 4.79 Å². The van der Waals surface area contributed by atoms with E-state index in [0.29, 0.717) is 6.42 Å². The van der Waals surface area contributed by atoms with E-state index in [0.717, 1.165) is 26.1 Å². The smallest absolute Gasteiger partial charge is 0.332 e. The van der Waals surface area contributed by atoms with Crippen molar-refractivity contribution in [2.45, 2.75) is 31.5 Å². The van der Waals surface area contributed by atoms with Crippen molar-refractivity contribution in [2.75, 3.05) is 19.6 Å². The third-order valence-corrected chi connectivity index (χ3v) is 2.79. The van der Waals surface area contributed by atoms with Gasteiger partial charge in [-0.05, 0) is 32.4 Å². The molecular weight excluding hydrogens is 170 g/mol. The number of ether oxygens (including phenoxy) is 1. The van der Waals surface area contributed by atoms with Crippen LogP contribution in [0.3, 0.4) is 0 Å². The molecule has 0 bridgehead atoms. The molecule has 0 saturated carbocycles. The van der Waals surface area contributed by atoms with Crippen molar-refractivity contribution in [3.8, 4) is 0 Å². The third kappa shape index (κ3) is 2.00. The highest BCUT2D eigenvalue weighted by Gasteiger charge is 2.32. The summed E-state index contributed by atoms with van der Waals surface area (Å²) in [6, 6.07) is 0. The van der Waals surface area contributed by atoms with Crippen molar-refractivity contribution in [3.05, 3.63) is 0 Å². The highest BCUT2D eigenvalue weighted by atomic mass is 16.5. The highest BCUT2D eigenvalue weighted by Crippen LogP contribution is 2.22. The van der Waals surface area contributed by atoms with Gasteiger partial charge in [-0.2, -0.15) is 0 Å². The number of nitrogens with zero attached hydrogens (tertiary/aromatic N) is 1. The fourth-order valence-corrected chi connectivity index (χ4v) is 1.87. The van der Waals surface area contributed by atoms with Crippen molar-refractivity contribution in [1.82, 2.24) is 4.90 Å². The van der Waals surface area contributed by atoms with Crippen LogP contribution in [0.2, 0.25) is 0 Å². The molecule has 1 N–H and O–H groups in total. The number of aliphatic carboxylic acids is 1. The van der Waals surface area contributed by atoms with E-state index in [1.165, 1.54) is 6.42 Å². The van der Waals surface area contributed by atoms with E-state index in [9.17, 15) is 4.79 Å². The van der Waals surface area contributed by atoms with Gasteiger partial charge in [0.25, 0.3) is 0 Å². The van der Waals surface area contributed by atoms with Crippen molar-refractivity contribution in [2.24, 2.45) is 0 Å². The number of carboxylic acid groups (broad SMARTS) is 1. The fourth-order valence-electron chi connectivity index (χ4n) is 1.87. The minimum atomic E-state index is -0.814. The number of hydrogen-bond acceptors (Lipinski definition) is 3. The van der Waals surface area contributed by atoms with E-state index in [-0.39, 0.29) is 6.10 Å². The molecule has 0 aromatic heterocycles. The van der Waals surface area contributed by atoms with Gasteiger partial charge in [0.2, 0.25) is 0 Å². The van der Waals surface area contributed by atoms with Crippen LogP contribution in [-0.4, -0.2) is 47.8 Å². The number of rotatable bonds is 3. The van der Waals surface area contributed by atoms with E-state index >= 15 is 0 Å². The molecular formula is C9H15NO3. The molecule has 0 aliphatic carbocycles. The van der Waals surface area contributed by atoms with Gasteiger partial charge in [0.15, 0.2) is 6.10 Å². The van der Waals surface area contributed by atoms with Gasteiger partial charge in [-0.3, -0.25) is 0 Å². The van der Waals surface area contributed by atoms with Crippen LogP contribution in [0.5, 0.6) is 0 Å². The topological polar surface area (TPSA) is 49.8 Å². The zero-order chi connectivity index (χ0) is 9.26.